The number of carbonyl (C=O) groups excluding carboxylic acids is 1. The predicted molar refractivity (Wildman–Crippen MR) is 117 cm³/mol. The van der Waals surface area contributed by atoms with Crippen LogP contribution >= 0.6 is 0 Å². The first-order chi connectivity index (χ1) is 14.4. The highest BCUT2D eigenvalue weighted by molar-refractivity contribution is 5.72. The van der Waals surface area contributed by atoms with Gasteiger partial charge >= 0.3 is 0 Å². The van der Waals surface area contributed by atoms with Gasteiger partial charge in [-0.05, 0) is 52.1 Å². The summed E-state index contributed by atoms with van der Waals surface area (Å²) in [5.74, 6) is 0.802. The maximum absolute atomic E-state index is 12.8. The molecule has 7 nitrogen and oxygen atoms in total. The van der Waals surface area contributed by atoms with Crippen LogP contribution in [0.25, 0.3) is 0 Å². The van der Waals surface area contributed by atoms with Crippen molar-refractivity contribution < 1.29 is 14.6 Å². The van der Waals surface area contributed by atoms with Crippen molar-refractivity contribution >= 4 is 5.91 Å². The molecule has 0 saturated carbocycles. The van der Waals surface area contributed by atoms with E-state index in [1.807, 2.05) is 37.1 Å². The van der Waals surface area contributed by atoms with Gasteiger partial charge in [-0.25, -0.2) is 0 Å². The van der Waals surface area contributed by atoms with Crippen LogP contribution in [0.2, 0.25) is 0 Å². The summed E-state index contributed by atoms with van der Waals surface area (Å²) in [4.78, 5) is 15.3. The number of piperazine rings is 1. The Morgan fingerprint density at radius 2 is 1.97 bits per heavy atom. The third-order valence-corrected chi connectivity index (χ3v) is 5.83. The second-order valence-electron chi connectivity index (χ2n) is 8.63. The standard InChI is InChI=1S/C23H38N4O3/c1-5-13-24-15-16-25(27(19(4)28)26-14-9-8-12-23(26)29)21(17-24)20-10-6-7-11-22(20)30-18(2)3/h6-7,10-11,18,21,23,29H,5,8-9,12-17H2,1-4H3. The van der Waals surface area contributed by atoms with E-state index < -0.39 is 6.23 Å². The summed E-state index contributed by atoms with van der Waals surface area (Å²) in [5.41, 5.74) is 1.09. The van der Waals surface area contributed by atoms with Crippen LogP contribution in [0, 0.1) is 0 Å². The van der Waals surface area contributed by atoms with Crippen LogP contribution in [0.5, 0.6) is 5.75 Å². The molecule has 1 aromatic carbocycles. The first-order valence-electron chi connectivity index (χ1n) is 11.4. The second kappa shape index (κ2) is 10.6. The number of hydrazine groups is 2. The molecular formula is C23H38N4O3. The van der Waals surface area contributed by atoms with Gasteiger partial charge in [-0.3, -0.25) is 4.79 Å². The van der Waals surface area contributed by atoms with Crippen LogP contribution in [0.15, 0.2) is 24.3 Å². The van der Waals surface area contributed by atoms with Crippen molar-refractivity contribution in [3.05, 3.63) is 29.8 Å². The molecule has 2 unspecified atom stereocenters. The average molecular weight is 419 g/mol. The van der Waals surface area contributed by atoms with Crippen molar-refractivity contribution in [1.82, 2.24) is 20.0 Å². The molecule has 7 heteroatoms. The molecular weight excluding hydrogens is 380 g/mol. The number of para-hydroxylation sites is 1. The average Bonchev–Trinajstić information content (AvgIpc) is 2.70. The molecule has 1 amide bonds. The molecule has 30 heavy (non-hydrogen) atoms. The summed E-state index contributed by atoms with van der Waals surface area (Å²) >= 11 is 0. The number of hydrogen-bond donors (Lipinski definition) is 1. The van der Waals surface area contributed by atoms with E-state index in [1.165, 1.54) is 0 Å². The first kappa shape index (κ1) is 23.0. The lowest BCUT2D eigenvalue weighted by molar-refractivity contribution is -0.260. The Labute approximate surface area is 181 Å². The molecule has 2 heterocycles. The highest BCUT2D eigenvalue weighted by atomic mass is 16.5. The van der Waals surface area contributed by atoms with Gasteiger partial charge in [-0.2, -0.15) is 15.1 Å². The van der Waals surface area contributed by atoms with Gasteiger partial charge < -0.3 is 14.7 Å². The lowest BCUT2D eigenvalue weighted by Crippen LogP contribution is -2.64. The number of aliphatic hydroxyl groups excluding tert-OH is 1. The Morgan fingerprint density at radius 1 is 1.20 bits per heavy atom. The quantitative estimate of drug-likeness (QED) is 0.735. The zero-order valence-corrected chi connectivity index (χ0v) is 19.0. The monoisotopic (exact) mass is 418 g/mol. The molecule has 168 valence electrons. The van der Waals surface area contributed by atoms with Gasteiger partial charge in [0, 0.05) is 38.7 Å². The van der Waals surface area contributed by atoms with Gasteiger partial charge in [0.05, 0.1) is 12.1 Å². The Kier molecular flexibility index (Phi) is 8.11. The SMILES string of the molecule is CCCN1CCN(N(C(C)=O)N2CCCCC2O)C(c2ccccc2OC(C)C)C1. The second-order valence-corrected chi connectivity index (χ2v) is 8.63. The summed E-state index contributed by atoms with van der Waals surface area (Å²) in [6.07, 6.45) is 3.20. The number of amides is 1. The Hall–Kier alpha value is -1.67. The highest BCUT2D eigenvalue weighted by Crippen LogP contribution is 2.35. The third kappa shape index (κ3) is 5.32. The van der Waals surface area contributed by atoms with Gasteiger partial charge in [-0.15, -0.1) is 0 Å². The Morgan fingerprint density at radius 3 is 2.63 bits per heavy atom. The number of hydrogen-bond acceptors (Lipinski definition) is 6. The number of piperidine rings is 1. The van der Waals surface area contributed by atoms with Crippen LogP contribution in [0.3, 0.4) is 0 Å². The lowest BCUT2D eigenvalue weighted by Gasteiger charge is -2.51. The molecule has 3 rings (SSSR count). The molecule has 0 bridgehead atoms. The van der Waals surface area contributed by atoms with Crippen LogP contribution in [0.1, 0.15) is 65.0 Å². The fraction of sp³-hybridized carbons (Fsp3) is 0.696. The highest BCUT2D eigenvalue weighted by Gasteiger charge is 2.39. The molecule has 0 aromatic heterocycles. The fourth-order valence-corrected chi connectivity index (χ4v) is 4.58. The van der Waals surface area contributed by atoms with Crippen molar-refractivity contribution in [3.8, 4) is 5.75 Å². The number of aliphatic hydroxyl groups is 1. The topological polar surface area (TPSA) is 59.5 Å². The van der Waals surface area contributed by atoms with E-state index in [1.54, 1.807) is 12.0 Å². The minimum atomic E-state index is -0.626. The van der Waals surface area contributed by atoms with Gasteiger partial charge in [0.15, 0.2) is 0 Å². The molecule has 2 aliphatic heterocycles. The van der Waals surface area contributed by atoms with Crippen LogP contribution in [-0.4, -0.2) is 76.1 Å². The third-order valence-electron chi connectivity index (χ3n) is 5.83. The summed E-state index contributed by atoms with van der Waals surface area (Å²) in [6.45, 7) is 12.0. The van der Waals surface area contributed by atoms with E-state index in [0.717, 1.165) is 56.8 Å². The van der Waals surface area contributed by atoms with E-state index in [9.17, 15) is 9.90 Å². The van der Waals surface area contributed by atoms with Crippen LogP contribution < -0.4 is 4.74 Å². The van der Waals surface area contributed by atoms with Crippen molar-refractivity contribution in [2.75, 3.05) is 32.7 Å². The van der Waals surface area contributed by atoms with Gasteiger partial charge in [0.2, 0.25) is 5.91 Å². The number of nitrogens with zero attached hydrogens (tertiary/aromatic N) is 4. The lowest BCUT2D eigenvalue weighted by atomic mass is 10.0. The largest absolute Gasteiger partial charge is 0.491 e. The number of benzene rings is 1. The summed E-state index contributed by atoms with van der Waals surface area (Å²) in [6, 6.07) is 8.12. The summed E-state index contributed by atoms with van der Waals surface area (Å²) in [5, 5.41) is 16.4. The van der Waals surface area contributed by atoms with Gasteiger partial charge in [0.1, 0.15) is 12.0 Å². The predicted octanol–water partition coefficient (Wildman–Crippen LogP) is 3.03. The minimum absolute atomic E-state index is 0.0294. The molecule has 2 fully saturated rings. The van der Waals surface area contributed by atoms with Crippen LogP contribution in [0.4, 0.5) is 0 Å². The Balaban J connectivity index is 1.97. The van der Waals surface area contributed by atoms with E-state index in [-0.39, 0.29) is 18.1 Å². The van der Waals surface area contributed by atoms with E-state index in [4.69, 9.17) is 4.74 Å². The smallest absolute Gasteiger partial charge is 0.248 e. The molecule has 2 atom stereocenters. The minimum Gasteiger partial charge on any atom is -0.491 e. The molecule has 0 radical (unpaired) electrons. The maximum Gasteiger partial charge on any atom is 0.248 e. The zero-order chi connectivity index (χ0) is 21.7. The van der Waals surface area contributed by atoms with E-state index in [0.29, 0.717) is 13.0 Å². The Bertz CT molecular complexity index is 699. The molecule has 1 N–H and O–H groups in total. The zero-order valence-electron chi connectivity index (χ0n) is 19.0. The van der Waals surface area contributed by atoms with Crippen molar-refractivity contribution in [3.63, 3.8) is 0 Å². The number of rotatable bonds is 7. The first-order valence-corrected chi connectivity index (χ1v) is 11.4. The normalized spacial score (nSPS) is 24.2. The summed E-state index contributed by atoms with van der Waals surface area (Å²) < 4.78 is 6.14. The molecule has 2 saturated heterocycles. The molecule has 2 aliphatic rings. The number of carbonyl (C=O) groups is 1. The van der Waals surface area contributed by atoms with Gasteiger partial charge in [-0.1, -0.05) is 25.1 Å². The fourth-order valence-electron chi connectivity index (χ4n) is 4.58. The maximum atomic E-state index is 12.8. The molecule has 0 aliphatic carbocycles. The van der Waals surface area contributed by atoms with Crippen LogP contribution in [-0.2, 0) is 4.79 Å². The summed E-state index contributed by atoms with van der Waals surface area (Å²) in [7, 11) is 0. The van der Waals surface area contributed by atoms with E-state index >= 15 is 0 Å². The molecule has 0 spiro atoms. The van der Waals surface area contributed by atoms with Gasteiger partial charge in [0.25, 0.3) is 0 Å². The molecule has 1 aromatic rings. The van der Waals surface area contributed by atoms with Crippen molar-refractivity contribution in [2.24, 2.45) is 0 Å². The van der Waals surface area contributed by atoms with Crippen molar-refractivity contribution in [1.29, 1.82) is 0 Å². The van der Waals surface area contributed by atoms with Crippen molar-refractivity contribution in [2.45, 2.75) is 71.8 Å². The van der Waals surface area contributed by atoms with E-state index in [2.05, 4.69) is 22.9 Å². The number of ether oxygens (including phenoxy) is 1.